The van der Waals surface area contributed by atoms with Crippen LogP contribution in [-0.4, -0.2) is 42.8 Å². The van der Waals surface area contributed by atoms with E-state index >= 15 is 0 Å². The lowest BCUT2D eigenvalue weighted by Crippen LogP contribution is -2.50. The average molecular weight is 318 g/mol. The topological polar surface area (TPSA) is 61.8 Å². The summed E-state index contributed by atoms with van der Waals surface area (Å²) in [6, 6.07) is 7.55. The van der Waals surface area contributed by atoms with Gasteiger partial charge in [0.15, 0.2) is 0 Å². The molecule has 0 saturated carbocycles. The Hall–Kier alpha value is -2.01. The Morgan fingerprint density at radius 2 is 2.22 bits per heavy atom. The van der Waals surface area contributed by atoms with E-state index in [1.54, 1.807) is 12.0 Å². The number of allylic oxidation sites excluding steroid dienone is 1. The number of hydrogen-bond acceptors (Lipinski definition) is 3. The molecule has 1 atom stereocenters. The van der Waals surface area contributed by atoms with Crippen molar-refractivity contribution in [3.63, 3.8) is 0 Å². The number of rotatable bonds is 6. The summed E-state index contributed by atoms with van der Waals surface area (Å²) in [6.07, 6.45) is 4.39. The van der Waals surface area contributed by atoms with Gasteiger partial charge in [0.05, 0.1) is 13.7 Å². The van der Waals surface area contributed by atoms with E-state index in [1.807, 2.05) is 30.3 Å². The van der Waals surface area contributed by atoms with Crippen molar-refractivity contribution in [2.24, 2.45) is 5.41 Å². The number of aliphatic hydroxyl groups is 1. The van der Waals surface area contributed by atoms with E-state index in [0.29, 0.717) is 13.1 Å². The molecule has 1 aliphatic rings. The predicted octanol–water partition coefficient (Wildman–Crippen LogP) is 2.56. The van der Waals surface area contributed by atoms with Crippen LogP contribution >= 0.6 is 0 Å². The van der Waals surface area contributed by atoms with Crippen molar-refractivity contribution in [1.82, 2.24) is 10.2 Å². The van der Waals surface area contributed by atoms with E-state index in [0.717, 1.165) is 37.1 Å². The molecule has 0 aliphatic carbocycles. The number of urea groups is 1. The number of hydrogen-bond donors (Lipinski definition) is 2. The Morgan fingerprint density at radius 1 is 1.48 bits per heavy atom. The van der Waals surface area contributed by atoms with Crippen molar-refractivity contribution < 1.29 is 14.6 Å². The van der Waals surface area contributed by atoms with Gasteiger partial charge in [-0.2, -0.15) is 0 Å². The third-order valence-corrected chi connectivity index (χ3v) is 4.46. The van der Waals surface area contributed by atoms with Crippen molar-refractivity contribution in [2.45, 2.75) is 25.8 Å². The molecule has 5 heteroatoms. The zero-order chi connectivity index (χ0) is 16.7. The molecule has 5 nitrogen and oxygen atoms in total. The standard InChI is InChI=1S/C18H26N2O3/c1-3-9-18(14-21)10-4-11-20(13-18)17(22)19-12-15-5-7-16(23-2)8-6-15/h3,5-8,21H,1,4,9-14H2,2H3,(H,19,22)/t18-/m1/s1. The molecule has 1 heterocycles. The lowest BCUT2D eigenvalue weighted by molar-refractivity contribution is 0.0492. The van der Waals surface area contributed by atoms with Crippen molar-refractivity contribution in [2.75, 3.05) is 26.8 Å². The summed E-state index contributed by atoms with van der Waals surface area (Å²) in [6.45, 7) is 5.63. The largest absolute Gasteiger partial charge is 0.497 e. The average Bonchev–Trinajstić information content (AvgIpc) is 2.60. The summed E-state index contributed by atoms with van der Waals surface area (Å²) < 4.78 is 5.12. The second kappa shape index (κ2) is 8.02. The molecule has 0 radical (unpaired) electrons. The molecule has 0 bridgehead atoms. The summed E-state index contributed by atoms with van der Waals surface area (Å²) in [7, 11) is 1.63. The molecule has 1 aromatic rings. The van der Waals surface area contributed by atoms with Crippen LogP contribution in [0.5, 0.6) is 5.75 Å². The second-order valence-corrected chi connectivity index (χ2v) is 6.18. The van der Waals surface area contributed by atoms with Gasteiger partial charge in [0, 0.05) is 25.0 Å². The highest BCUT2D eigenvalue weighted by atomic mass is 16.5. The lowest BCUT2D eigenvalue weighted by atomic mass is 9.78. The highest BCUT2D eigenvalue weighted by Crippen LogP contribution is 2.33. The van der Waals surface area contributed by atoms with E-state index < -0.39 is 0 Å². The number of methoxy groups -OCH3 is 1. The van der Waals surface area contributed by atoms with Crippen LogP contribution in [0.2, 0.25) is 0 Å². The molecule has 1 saturated heterocycles. The van der Waals surface area contributed by atoms with Gasteiger partial charge < -0.3 is 20.1 Å². The highest BCUT2D eigenvalue weighted by Gasteiger charge is 2.35. The van der Waals surface area contributed by atoms with Gasteiger partial charge in [0.1, 0.15) is 5.75 Å². The van der Waals surface area contributed by atoms with Crippen LogP contribution in [0.25, 0.3) is 0 Å². The smallest absolute Gasteiger partial charge is 0.317 e. The van der Waals surface area contributed by atoms with Gasteiger partial charge >= 0.3 is 6.03 Å². The SMILES string of the molecule is C=CC[C@@]1(CO)CCCN(C(=O)NCc2ccc(OC)cc2)C1. The summed E-state index contributed by atoms with van der Waals surface area (Å²) in [4.78, 5) is 14.2. The van der Waals surface area contributed by atoms with Crippen LogP contribution in [0.3, 0.4) is 0 Å². The monoisotopic (exact) mass is 318 g/mol. The van der Waals surface area contributed by atoms with Crippen molar-refractivity contribution in [3.05, 3.63) is 42.5 Å². The van der Waals surface area contributed by atoms with E-state index in [2.05, 4.69) is 11.9 Å². The number of likely N-dealkylation sites (tertiary alicyclic amines) is 1. The molecule has 2 N–H and O–H groups in total. The number of nitrogens with zero attached hydrogens (tertiary/aromatic N) is 1. The number of carbonyl (C=O) groups excluding carboxylic acids is 1. The summed E-state index contributed by atoms with van der Waals surface area (Å²) in [5, 5.41) is 12.7. The van der Waals surface area contributed by atoms with Crippen molar-refractivity contribution in [3.8, 4) is 5.75 Å². The molecule has 2 amide bonds. The Morgan fingerprint density at radius 3 is 2.83 bits per heavy atom. The summed E-state index contributed by atoms with van der Waals surface area (Å²) in [5.41, 5.74) is 0.785. The first kappa shape index (κ1) is 17.3. The minimum absolute atomic E-state index is 0.0811. The Kier molecular flexibility index (Phi) is 6.04. The van der Waals surface area contributed by atoms with Crippen molar-refractivity contribution >= 4 is 6.03 Å². The molecule has 1 aliphatic heterocycles. The van der Waals surface area contributed by atoms with E-state index in [-0.39, 0.29) is 18.1 Å². The van der Waals surface area contributed by atoms with Crippen LogP contribution in [0.1, 0.15) is 24.8 Å². The molecule has 1 aromatic carbocycles. The van der Waals surface area contributed by atoms with E-state index in [9.17, 15) is 9.90 Å². The fraction of sp³-hybridized carbons (Fsp3) is 0.500. The van der Waals surface area contributed by atoms with Crippen LogP contribution < -0.4 is 10.1 Å². The molecule has 126 valence electrons. The molecule has 23 heavy (non-hydrogen) atoms. The molecular weight excluding hydrogens is 292 g/mol. The second-order valence-electron chi connectivity index (χ2n) is 6.18. The van der Waals surface area contributed by atoms with Crippen molar-refractivity contribution in [1.29, 1.82) is 0 Å². The minimum atomic E-state index is -0.239. The van der Waals surface area contributed by atoms with Gasteiger partial charge in [-0.15, -0.1) is 6.58 Å². The maximum atomic E-state index is 12.4. The summed E-state index contributed by atoms with van der Waals surface area (Å²) >= 11 is 0. The third-order valence-electron chi connectivity index (χ3n) is 4.46. The van der Waals surface area contributed by atoms with Gasteiger partial charge in [-0.25, -0.2) is 4.79 Å². The first-order valence-corrected chi connectivity index (χ1v) is 8.00. The molecule has 0 aromatic heterocycles. The number of nitrogens with one attached hydrogen (secondary N) is 1. The maximum Gasteiger partial charge on any atom is 0.317 e. The van der Waals surface area contributed by atoms with E-state index in [4.69, 9.17) is 4.74 Å². The Balaban J connectivity index is 1.90. The minimum Gasteiger partial charge on any atom is -0.497 e. The predicted molar refractivity (Wildman–Crippen MR) is 90.4 cm³/mol. The van der Waals surface area contributed by atoms with Crippen LogP contribution in [0, 0.1) is 5.41 Å². The van der Waals surface area contributed by atoms with E-state index in [1.165, 1.54) is 0 Å². The van der Waals surface area contributed by atoms with Crippen LogP contribution in [0.4, 0.5) is 4.79 Å². The van der Waals surface area contributed by atoms with Gasteiger partial charge in [0.25, 0.3) is 0 Å². The first-order valence-electron chi connectivity index (χ1n) is 8.00. The lowest BCUT2D eigenvalue weighted by Gasteiger charge is -2.41. The third kappa shape index (κ3) is 4.48. The van der Waals surface area contributed by atoms with Gasteiger partial charge in [-0.3, -0.25) is 0 Å². The maximum absolute atomic E-state index is 12.4. The number of carbonyl (C=O) groups is 1. The molecular formula is C18H26N2O3. The molecule has 1 fully saturated rings. The number of benzene rings is 1. The zero-order valence-electron chi connectivity index (χ0n) is 13.8. The highest BCUT2D eigenvalue weighted by molar-refractivity contribution is 5.74. The van der Waals surface area contributed by atoms with Gasteiger partial charge in [-0.1, -0.05) is 18.2 Å². The normalized spacial score (nSPS) is 20.9. The van der Waals surface area contributed by atoms with Gasteiger partial charge in [0.2, 0.25) is 0 Å². The quantitative estimate of drug-likeness (QED) is 0.793. The Labute approximate surface area is 137 Å². The number of ether oxygens (including phenoxy) is 1. The number of amides is 2. The zero-order valence-corrected chi connectivity index (χ0v) is 13.8. The number of aliphatic hydroxyl groups excluding tert-OH is 1. The molecule has 0 spiro atoms. The van der Waals surface area contributed by atoms with Crippen LogP contribution in [0.15, 0.2) is 36.9 Å². The summed E-state index contributed by atoms with van der Waals surface area (Å²) in [5.74, 6) is 0.799. The Bertz CT molecular complexity index is 530. The molecule has 2 rings (SSSR count). The fourth-order valence-electron chi connectivity index (χ4n) is 3.08. The number of piperidine rings is 1. The fourth-order valence-corrected chi connectivity index (χ4v) is 3.08. The first-order chi connectivity index (χ1) is 11.1. The van der Waals surface area contributed by atoms with Gasteiger partial charge in [-0.05, 0) is 37.0 Å². The van der Waals surface area contributed by atoms with Crippen LogP contribution in [-0.2, 0) is 6.54 Å². The molecule has 0 unspecified atom stereocenters.